The number of nitrogens with two attached hydrogens (primary N) is 1. The Balaban J connectivity index is 4.44. The Morgan fingerprint density at radius 1 is 1.40 bits per heavy atom. The maximum atomic E-state index is 6.04. The van der Waals surface area contributed by atoms with Gasteiger partial charge >= 0.3 is 0 Å². The van der Waals surface area contributed by atoms with Gasteiger partial charge in [-0.1, -0.05) is 58.1 Å². The third kappa shape index (κ3) is 6.29. The van der Waals surface area contributed by atoms with E-state index in [0.717, 1.165) is 30.4 Å². The molecule has 0 amide bonds. The Kier molecular flexibility index (Phi) is 7.06. The molecule has 0 aromatic heterocycles. The number of hydrogen-bond donors (Lipinski definition) is 1. The molecule has 86 valence electrons. The molecule has 1 nitrogen and oxygen atoms in total. The lowest BCUT2D eigenvalue weighted by molar-refractivity contribution is 0.647. The van der Waals surface area contributed by atoms with Crippen LogP contribution in [0.25, 0.3) is 0 Å². The summed E-state index contributed by atoms with van der Waals surface area (Å²) in [6, 6.07) is 0.108. The Labute approximate surface area is 94.8 Å². The molecule has 2 N–H and O–H groups in total. The number of allylic oxidation sites excluding steroid dienone is 2. The normalized spacial score (nSPS) is 14.1. The summed E-state index contributed by atoms with van der Waals surface area (Å²) in [7, 11) is 0. The zero-order chi connectivity index (χ0) is 11.8. The summed E-state index contributed by atoms with van der Waals surface area (Å²) in [4.78, 5) is 0. The largest absolute Gasteiger partial charge is 0.324 e. The summed E-state index contributed by atoms with van der Waals surface area (Å²) >= 11 is 0. The minimum absolute atomic E-state index is 0.108. The molecular formula is C14H25N. The average molecular weight is 207 g/mol. The molecule has 0 spiro atoms. The zero-order valence-corrected chi connectivity index (χ0v) is 10.4. The van der Waals surface area contributed by atoms with Crippen molar-refractivity contribution in [3.05, 3.63) is 36.5 Å². The van der Waals surface area contributed by atoms with Gasteiger partial charge < -0.3 is 5.73 Å². The van der Waals surface area contributed by atoms with Gasteiger partial charge in [0.25, 0.3) is 0 Å². The van der Waals surface area contributed by atoms with Crippen LogP contribution in [0, 0.1) is 5.92 Å². The van der Waals surface area contributed by atoms with E-state index in [9.17, 15) is 0 Å². The molecule has 0 aliphatic heterocycles. The van der Waals surface area contributed by atoms with Crippen molar-refractivity contribution < 1.29 is 0 Å². The van der Waals surface area contributed by atoms with Crippen LogP contribution in [-0.4, -0.2) is 6.04 Å². The Bertz CT molecular complexity index is 236. The molecule has 15 heavy (non-hydrogen) atoms. The molecule has 1 atom stereocenters. The van der Waals surface area contributed by atoms with E-state index in [1.54, 1.807) is 0 Å². The monoisotopic (exact) mass is 207 g/mol. The lowest BCUT2D eigenvalue weighted by atomic mass is 9.97. The molecule has 0 aromatic rings. The predicted molar refractivity (Wildman–Crippen MR) is 69.8 cm³/mol. The zero-order valence-electron chi connectivity index (χ0n) is 10.4. The van der Waals surface area contributed by atoms with Gasteiger partial charge in [0.2, 0.25) is 0 Å². The molecule has 0 saturated carbocycles. The van der Waals surface area contributed by atoms with Gasteiger partial charge in [-0.3, -0.25) is 0 Å². The molecule has 1 unspecified atom stereocenters. The van der Waals surface area contributed by atoms with Gasteiger partial charge in [0.1, 0.15) is 0 Å². The van der Waals surface area contributed by atoms with E-state index >= 15 is 0 Å². The van der Waals surface area contributed by atoms with Crippen LogP contribution in [0.2, 0.25) is 0 Å². The second-order valence-corrected chi connectivity index (χ2v) is 4.50. The highest BCUT2D eigenvalue weighted by molar-refractivity contribution is 5.31. The van der Waals surface area contributed by atoms with Crippen molar-refractivity contribution in [2.24, 2.45) is 11.7 Å². The van der Waals surface area contributed by atoms with Crippen molar-refractivity contribution in [1.82, 2.24) is 0 Å². The SMILES string of the molecule is C=C/C(=C/C(=C)CC(C)C)C(N)CCC. The molecule has 1 heteroatoms. The van der Waals surface area contributed by atoms with Crippen LogP contribution < -0.4 is 5.73 Å². The highest BCUT2D eigenvalue weighted by atomic mass is 14.6. The topological polar surface area (TPSA) is 26.0 Å². The average Bonchev–Trinajstić information content (AvgIpc) is 2.13. The van der Waals surface area contributed by atoms with E-state index in [1.165, 1.54) is 0 Å². The van der Waals surface area contributed by atoms with Gasteiger partial charge in [-0.2, -0.15) is 0 Å². The fourth-order valence-electron chi connectivity index (χ4n) is 1.61. The fraction of sp³-hybridized carbons (Fsp3) is 0.571. The van der Waals surface area contributed by atoms with Crippen LogP contribution in [0.3, 0.4) is 0 Å². The smallest absolute Gasteiger partial charge is 0.0294 e. The molecule has 0 aliphatic carbocycles. The van der Waals surface area contributed by atoms with Crippen LogP contribution >= 0.6 is 0 Å². The van der Waals surface area contributed by atoms with Crippen molar-refractivity contribution in [2.75, 3.05) is 0 Å². The maximum Gasteiger partial charge on any atom is 0.0294 e. The van der Waals surface area contributed by atoms with Gasteiger partial charge in [-0.05, 0) is 24.3 Å². The Hall–Kier alpha value is -0.820. The van der Waals surface area contributed by atoms with E-state index in [1.807, 2.05) is 6.08 Å². The molecule has 0 rings (SSSR count). The van der Waals surface area contributed by atoms with E-state index in [2.05, 4.69) is 40.0 Å². The Morgan fingerprint density at radius 3 is 2.40 bits per heavy atom. The van der Waals surface area contributed by atoms with Gasteiger partial charge in [0.15, 0.2) is 0 Å². The standard InChI is InChI=1S/C14H25N/c1-6-8-14(15)13(7-2)10-12(5)9-11(3)4/h7,10-11,14H,2,5-6,8-9,15H2,1,3-4H3/b13-10-. The van der Waals surface area contributed by atoms with Crippen molar-refractivity contribution in [3.63, 3.8) is 0 Å². The van der Waals surface area contributed by atoms with E-state index in [-0.39, 0.29) is 6.04 Å². The van der Waals surface area contributed by atoms with Gasteiger partial charge in [0.05, 0.1) is 0 Å². The second-order valence-electron chi connectivity index (χ2n) is 4.50. The van der Waals surface area contributed by atoms with Crippen LogP contribution in [0.4, 0.5) is 0 Å². The molecule has 0 fully saturated rings. The first-order chi connectivity index (χ1) is 7.01. The first-order valence-corrected chi connectivity index (χ1v) is 5.78. The molecule has 0 heterocycles. The minimum atomic E-state index is 0.108. The lowest BCUT2D eigenvalue weighted by Crippen LogP contribution is -2.21. The summed E-state index contributed by atoms with van der Waals surface area (Å²) < 4.78 is 0. The molecule has 0 radical (unpaired) electrons. The van der Waals surface area contributed by atoms with Crippen LogP contribution in [0.5, 0.6) is 0 Å². The molecule has 0 saturated heterocycles. The molecule has 0 aromatic carbocycles. The highest BCUT2D eigenvalue weighted by Gasteiger charge is 2.05. The number of hydrogen-bond acceptors (Lipinski definition) is 1. The summed E-state index contributed by atoms with van der Waals surface area (Å²) in [5, 5.41) is 0. The summed E-state index contributed by atoms with van der Waals surface area (Å²) in [6.45, 7) is 14.4. The van der Waals surface area contributed by atoms with Crippen molar-refractivity contribution in [1.29, 1.82) is 0 Å². The van der Waals surface area contributed by atoms with Gasteiger partial charge in [-0.15, -0.1) is 0 Å². The molecule has 0 bridgehead atoms. The summed E-state index contributed by atoms with van der Waals surface area (Å²) in [5.41, 5.74) is 8.30. The van der Waals surface area contributed by atoms with E-state index < -0.39 is 0 Å². The van der Waals surface area contributed by atoms with Crippen LogP contribution in [-0.2, 0) is 0 Å². The predicted octanol–water partition coefficient (Wildman–Crippen LogP) is 3.83. The van der Waals surface area contributed by atoms with Gasteiger partial charge in [-0.25, -0.2) is 0 Å². The second kappa shape index (κ2) is 7.47. The highest BCUT2D eigenvalue weighted by Crippen LogP contribution is 2.15. The first-order valence-electron chi connectivity index (χ1n) is 5.78. The van der Waals surface area contributed by atoms with Crippen LogP contribution in [0.15, 0.2) is 36.5 Å². The lowest BCUT2D eigenvalue weighted by Gasteiger charge is -2.13. The van der Waals surface area contributed by atoms with Crippen LogP contribution in [0.1, 0.15) is 40.0 Å². The summed E-state index contributed by atoms with van der Waals surface area (Å²) in [6.07, 6.45) is 7.07. The quantitative estimate of drug-likeness (QED) is 0.631. The maximum absolute atomic E-state index is 6.04. The van der Waals surface area contributed by atoms with Crippen molar-refractivity contribution in [3.8, 4) is 0 Å². The Morgan fingerprint density at radius 2 is 2.00 bits per heavy atom. The third-order valence-corrected chi connectivity index (χ3v) is 2.30. The minimum Gasteiger partial charge on any atom is -0.324 e. The first kappa shape index (κ1) is 14.2. The molecule has 0 aliphatic rings. The summed E-state index contributed by atoms with van der Waals surface area (Å²) in [5.74, 6) is 0.641. The van der Waals surface area contributed by atoms with Gasteiger partial charge in [0, 0.05) is 6.04 Å². The fourth-order valence-corrected chi connectivity index (χ4v) is 1.61. The van der Waals surface area contributed by atoms with E-state index in [4.69, 9.17) is 5.73 Å². The van der Waals surface area contributed by atoms with Crippen molar-refractivity contribution >= 4 is 0 Å². The van der Waals surface area contributed by atoms with Crippen molar-refractivity contribution in [2.45, 2.75) is 46.1 Å². The van der Waals surface area contributed by atoms with E-state index in [0.29, 0.717) is 5.92 Å². The molecular weight excluding hydrogens is 182 g/mol. The number of rotatable bonds is 7. The third-order valence-electron chi connectivity index (χ3n) is 2.30.